The minimum absolute atomic E-state index is 0.0187. The van der Waals surface area contributed by atoms with E-state index in [9.17, 15) is 19.8 Å². The van der Waals surface area contributed by atoms with Gasteiger partial charge in [-0.1, -0.05) is 6.42 Å². The molecule has 1 atom stereocenters. The smallest absolute Gasteiger partial charge is 0.226 e. The number of hydrogen-bond donors (Lipinski definition) is 4. The number of nitrogens with zero attached hydrogens (tertiary/aromatic N) is 2. The van der Waals surface area contributed by atoms with Gasteiger partial charge in [0.25, 0.3) is 0 Å². The number of hydrogen-bond acceptors (Lipinski definition) is 8. The van der Waals surface area contributed by atoms with Crippen LogP contribution in [0.1, 0.15) is 36.5 Å². The summed E-state index contributed by atoms with van der Waals surface area (Å²) in [6.07, 6.45) is 3.93. The van der Waals surface area contributed by atoms with Gasteiger partial charge in [-0.2, -0.15) is 0 Å². The summed E-state index contributed by atoms with van der Waals surface area (Å²) in [5.74, 6) is -0.989. The molecule has 1 fully saturated rings. The maximum absolute atomic E-state index is 13.0. The number of aldehydes is 1. The van der Waals surface area contributed by atoms with E-state index in [0.29, 0.717) is 28.4 Å². The van der Waals surface area contributed by atoms with Crippen LogP contribution in [0.4, 0.5) is 11.4 Å². The lowest BCUT2D eigenvalue weighted by Crippen LogP contribution is -2.33. The van der Waals surface area contributed by atoms with Crippen LogP contribution in [0, 0.1) is 0 Å². The number of nitrogens with one attached hydrogen (secondary N) is 2. The van der Waals surface area contributed by atoms with Crippen molar-refractivity contribution in [2.45, 2.75) is 32.4 Å². The predicted molar refractivity (Wildman–Crippen MR) is 141 cm³/mol. The number of aromatic hydroxyl groups is 2. The monoisotopic (exact) mass is 478 g/mol. The fraction of sp³-hybridized carbons (Fsp3) is 0.407. The largest absolute Gasteiger partial charge is 0.507 e. The molecule has 0 saturated carbocycles. The van der Waals surface area contributed by atoms with Crippen LogP contribution in [0.15, 0.2) is 30.3 Å². The number of ketones is 1. The SMILES string of the molecule is CC(Nc1ccc(NCCN2CCCCC2)c2c(C(=O)C=O)c3c(O)ccc(O)c3cc12)N(C)C. The second kappa shape index (κ2) is 10.5. The molecule has 8 nitrogen and oxygen atoms in total. The highest BCUT2D eigenvalue weighted by molar-refractivity contribution is 6.41. The first kappa shape index (κ1) is 24.8. The summed E-state index contributed by atoms with van der Waals surface area (Å²) >= 11 is 0. The standard InChI is InChI=1S/C27H34N4O4/c1-17(30(2)3)29-20-7-8-21(28-11-14-31-12-5-4-6-13-31)25-18(20)15-19-22(33)9-10-23(34)26(19)27(25)24(35)16-32/h7-10,15-17,28-29,33-34H,4-6,11-14H2,1-3H3. The Morgan fingerprint density at radius 1 is 1.03 bits per heavy atom. The van der Waals surface area contributed by atoms with E-state index in [1.165, 1.54) is 31.4 Å². The molecule has 1 unspecified atom stereocenters. The Morgan fingerprint density at radius 2 is 1.71 bits per heavy atom. The summed E-state index contributed by atoms with van der Waals surface area (Å²) in [5.41, 5.74) is 1.55. The average Bonchev–Trinajstić information content (AvgIpc) is 2.86. The number of Topliss-reactive ketones (excluding diaryl/α,β-unsaturated/α-hetero) is 1. The van der Waals surface area contributed by atoms with Gasteiger partial charge in [-0.15, -0.1) is 0 Å². The van der Waals surface area contributed by atoms with Crippen molar-refractivity contribution < 1.29 is 19.8 Å². The van der Waals surface area contributed by atoms with Gasteiger partial charge in [0.15, 0.2) is 6.29 Å². The minimum atomic E-state index is -0.751. The Bertz CT molecular complexity index is 1250. The number of phenolic OH excluding ortho intramolecular Hbond substituents is 2. The molecule has 0 radical (unpaired) electrons. The predicted octanol–water partition coefficient (Wildman–Crippen LogP) is 4.00. The van der Waals surface area contributed by atoms with Gasteiger partial charge in [0.05, 0.1) is 6.17 Å². The lowest BCUT2D eigenvalue weighted by atomic mass is 9.91. The van der Waals surface area contributed by atoms with Crippen LogP contribution in [-0.4, -0.2) is 78.5 Å². The highest BCUT2D eigenvalue weighted by atomic mass is 16.3. The third-order valence-electron chi connectivity index (χ3n) is 6.92. The number of likely N-dealkylation sites (tertiary alicyclic amines) is 1. The van der Waals surface area contributed by atoms with Crippen LogP contribution >= 0.6 is 0 Å². The number of rotatable bonds is 9. The maximum atomic E-state index is 13.0. The maximum Gasteiger partial charge on any atom is 0.226 e. The number of fused-ring (bicyclic) bond motifs is 2. The summed E-state index contributed by atoms with van der Waals surface area (Å²) in [5, 5.41) is 29.9. The van der Waals surface area contributed by atoms with Crippen molar-refractivity contribution in [1.29, 1.82) is 0 Å². The first-order valence-electron chi connectivity index (χ1n) is 12.1. The van der Waals surface area contributed by atoms with E-state index in [1.54, 1.807) is 6.07 Å². The second-order valence-corrected chi connectivity index (χ2v) is 9.46. The Labute approximate surface area is 205 Å². The quantitative estimate of drug-likeness (QED) is 0.0913. The summed E-state index contributed by atoms with van der Waals surface area (Å²) in [4.78, 5) is 29.2. The van der Waals surface area contributed by atoms with Crippen LogP contribution in [0.25, 0.3) is 21.5 Å². The molecule has 0 spiro atoms. The molecule has 3 aromatic rings. The van der Waals surface area contributed by atoms with Crippen LogP contribution in [0.3, 0.4) is 0 Å². The zero-order chi connectivity index (χ0) is 25.1. The number of anilines is 2. The summed E-state index contributed by atoms with van der Waals surface area (Å²) in [7, 11) is 3.91. The second-order valence-electron chi connectivity index (χ2n) is 9.46. The lowest BCUT2D eigenvalue weighted by Gasteiger charge is -2.27. The number of benzene rings is 3. The number of piperidine rings is 1. The zero-order valence-corrected chi connectivity index (χ0v) is 20.6. The van der Waals surface area contributed by atoms with E-state index in [-0.39, 0.29) is 34.9 Å². The van der Waals surface area contributed by atoms with Crippen molar-refractivity contribution in [2.75, 3.05) is 50.9 Å². The van der Waals surface area contributed by atoms with Crippen LogP contribution < -0.4 is 10.6 Å². The summed E-state index contributed by atoms with van der Waals surface area (Å²) < 4.78 is 0. The Balaban J connectivity index is 1.90. The third-order valence-corrected chi connectivity index (χ3v) is 6.92. The van der Waals surface area contributed by atoms with Gasteiger partial charge in [0.2, 0.25) is 5.78 Å². The van der Waals surface area contributed by atoms with Crippen LogP contribution in [0.5, 0.6) is 11.5 Å². The first-order chi connectivity index (χ1) is 16.8. The van der Waals surface area contributed by atoms with Gasteiger partial charge in [0, 0.05) is 51.6 Å². The molecule has 1 aliphatic heterocycles. The van der Waals surface area contributed by atoms with E-state index in [4.69, 9.17) is 0 Å². The molecule has 35 heavy (non-hydrogen) atoms. The molecule has 0 amide bonds. The Hall–Kier alpha value is -3.36. The highest BCUT2D eigenvalue weighted by Gasteiger charge is 2.23. The average molecular weight is 479 g/mol. The van der Waals surface area contributed by atoms with Gasteiger partial charge in [-0.25, -0.2) is 0 Å². The highest BCUT2D eigenvalue weighted by Crippen LogP contribution is 2.43. The molecule has 0 aliphatic carbocycles. The molecule has 0 aromatic heterocycles. The first-order valence-corrected chi connectivity index (χ1v) is 12.1. The fourth-order valence-electron chi connectivity index (χ4n) is 4.78. The van der Waals surface area contributed by atoms with E-state index in [0.717, 1.165) is 25.3 Å². The van der Waals surface area contributed by atoms with Crippen LogP contribution in [-0.2, 0) is 4.79 Å². The number of carbonyl (C=O) groups is 2. The van der Waals surface area contributed by atoms with Crippen molar-refractivity contribution in [3.63, 3.8) is 0 Å². The molecule has 186 valence electrons. The molecule has 8 heteroatoms. The van der Waals surface area contributed by atoms with E-state index in [2.05, 4.69) is 15.5 Å². The molecule has 0 bridgehead atoms. The van der Waals surface area contributed by atoms with Crippen molar-refractivity contribution in [3.8, 4) is 11.5 Å². The lowest BCUT2D eigenvalue weighted by molar-refractivity contribution is -0.104. The van der Waals surface area contributed by atoms with E-state index < -0.39 is 5.78 Å². The van der Waals surface area contributed by atoms with Gasteiger partial charge < -0.3 is 25.7 Å². The summed E-state index contributed by atoms with van der Waals surface area (Å²) in [6.45, 7) is 5.73. The van der Waals surface area contributed by atoms with Gasteiger partial charge >= 0.3 is 0 Å². The number of phenols is 2. The zero-order valence-electron chi connectivity index (χ0n) is 20.6. The topological polar surface area (TPSA) is 105 Å². The van der Waals surface area contributed by atoms with Gasteiger partial charge in [-0.05, 0) is 77.3 Å². The Morgan fingerprint density at radius 3 is 2.40 bits per heavy atom. The van der Waals surface area contributed by atoms with Gasteiger partial charge in [-0.3, -0.25) is 14.5 Å². The minimum Gasteiger partial charge on any atom is -0.507 e. The molecular weight excluding hydrogens is 444 g/mol. The molecule has 1 heterocycles. The van der Waals surface area contributed by atoms with Crippen molar-refractivity contribution in [2.24, 2.45) is 0 Å². The molecule has 4 rings (SSSR count). The van der Waals surface area contributed by atoms with Crippen LogP contribution in [0.2, 0.25) is 0 Å². The molecule has 1 saturated heterocycles. The van der Waals surface area contributed by atoms with Crippen molar-refractivity contribution in [3.05, 3.63) is 35.9 Å². The summed E-state index contributed by atoms with van der Waals surface area (Å²) in [6, 6.07) is 8.32. The Kier molecular flexibility index (Phi) is 7.42. The molecule has 1 aliphatic rings. The number of carbonyl (C=O) groups excluding carboxylic acids is 2. The third kappa shape index (κ3) is 5.04. The van der Waals surface area contributed by atoms with Crippen molar-refractivity contribution in [1.82, 2.24) is 9.80 Å². The molecule has 3 aromatic carbocycles. The van der Waals surface area contributed by atoms with Crippen molar-refractivity contribution >= 4 is 45.0 Å². The van der Waals surface area contributed by atoms with E-state index in [1.807, 2.05) is 38.1 Å². The molecular formula is C27H34N4O4. The molecule has 4 N–H and O–H groups in total. The normalized spacial score (nSPS) is 15.4. The van der Waals surface area contributed by atoms with E-state index >= 15 is 0 Å². The van der Waals surface area contributed by atoms with Gasteiger partial charge in [0.1, 0.15) is 11.5 Å². The fourth-order valence-corrected chi connectivity index (χ4v) is 4.78.